The minimum atomic E-state index is -0.766. The van der Waals surface area contributed by atoms with Crippen LogP contribution in [0.25, 0.3) is 0 Å². The molecule has 1 unspecified atom stereocenters. The largest absolute Gasteiger partial charge is 0.370 e. The van der Waals surface area contributed by atoms with Gasteiger partial charge in [0.1, 0.15) is 0 Å². The molecule has 2 fully saturated rings. The maximum atomic E-state index is 12.1. The van der Waals surface area contributed by atoms with Crippen molar-refractivity contribution in [2.45, 2.75) is 57.4 Å². The molecule has 0 radical (unpaired) electrons. The van der Waals surface area contributed by atoms with E-state index in [0.29, 0.717) is 5.41 Å². The third-order valence-electron chi connectivity index (χ3n) is 4.79. The Kier molecular flexibility index (Phi) is 6.27. The van der Waals surface area contributed by atoms with E-state index < -0.39 is 11.9 Å². The molecule has 1 heterocycles. The first-order valence-corrected chi connectivity index (χ1v) is 7.35. The van der Waals surface area contributed by atoms with Crippen LogP contribution in [0.1, 0.15) is 51.4 Å². The maximum Gasteiger partial charge on any atom is 0.240 e. The minimum absolute atomic E-state index is 0. The molecule has 1 atom stereocenters. The molecule has 2 amide bonds. The Balaban J connectivity index is 0.00000200. The number of amides is 2. The van der Waals surface area contributed by atoms with Crippen LogP contribution in [0.4, 0.5) is 0 Å². The van der Waals surface area contributed by atoms with E-state index in [1.54, 1.807) is 0 Å². The first-order valence-electron chi connectivity index (χ1n) is 7.35. The van der Waals surface area contributed by atoms with Gasteiger partial charge in [0.15, 0.2) is 0 Å². The number of primary amides is 1. The molecule has 116 valence electrons. The lowest BCUT2D eigenvalue weighted by molar-refractivity contribution is -0.137. The SMILES string of the molecule is Cl.NC(=O)CC(N)C(=O)N1CCC2(CCCCC2)CC1. The summed E-state index contributed by atoms with van der Waals surface area (Å²) in [4.78, 5) is 24.7. The van der Waals surface area contributed by atoms with Crippen molar-refractivity contribution >= 4 is 24.2 Å². The van der Waals surface area contributed by atoms with Crippen molar-refractivity contribution in [3.63, 3.8) is 0 Å². The lowest BCUT2D eigenvalue weighted by atomic mass is 9.68. The smallest absolute Gasteiger partial charge is 0.240 e. The van der Waals surface area contributed by atoms with Gasteiger partial charge in [-0.15, -0.1) is 12.4 Å². The molecule has 0 aromatic carbocycles. The number of carbonyl (C=O) groups is 2. The first kappa shape index (κ1) is 17.2. The third-order valence-corrected chi connectivity index (χ3v) is 4.79. The molecule has 1 saturated heterocycles. The fourth-order valence-corrected chi connectivity index (χ4v) is 3.54. The number of likely N-dealkylation sites (tertiary alicyclic amines) is 1. The molecule has 1 spiro atoms. The van der Waals surface area contributed by atoms with E-state index in [0.717, 1.165) is 25.9 Å². The zero-order valence-electron chi connectivity index (χ0n) is 12.0. The van der Waals surface area contributed by atoms with Gasteiger partial charge in [-0.2, -0.15) is 0 Å². The Hall–Kier alpha value is -0.810. The Morgan fingerprint density at radius 2 is 1.60 bits per heavy atom. The number of hydrogen-bond donors (Lipinski definition) is 2. The molecule has 6 heteroatoms. The molecular formula is C14H26ClN3O2. The van der Waals surface area contributed by atoms with Gasteiger partial charge in [-0.3, -0.25) is 9.59 Å². The molecule has 0 aromatic heterocycles. The van der Waals surface area contributed by atoms with Crippen molar-refractivity contribution in [2.24, 2.45) is 16.9 Å². The van der Waals surface area contributed by atoms with Crippen molar-refractivity contribution in [1.82, 2.24) is 4.90 Å². The first-order chi connectivity index (χ1) is 9.02. The summed E-state index contributed by atoms with van der Waals surface area (Å²) in [5.41, 5.74) is 11.3. The van der Waals surface area contributed by atoms with Crippen LogP contribution in [-0.2, 0) is 9.59 Å². The molecule has 1 aliphatic carbocycles. The normalized spacial score (nSPS) is 22.9. The second-order valence-corrected chi connectivity index (χ2v) is 6.16. The quantitative estimate of drug-likeness (QED) is 0.820. The van der Waals surface area contributed by atoms with Gasteiger partial charge in [-0.1, -0.05) is 19.3 Å². The van der Waals surface area contributed by atoms with Crippen LogP contribution < -0.4 is 11.5 Å². The van der Waals surface area contributed by atoms with Gasteiger partial charge in [0, 0.05) is 13.1 Å². The Labute approximate surface area is 126 Å². The minimum Gasteiger partial charge on any atom is -0.370 e. The highest BCUT2D eigenvalue weighted by molar-refractivity contribution is 5.87. The summed E-state index contributed by atoms with van der Waals surface area (Å²) < 4.78 is 0. The van der Waals surface area contributed by atoms with Crippen LogP contribution in [0.15, 0.2) is 0 Å². The molecule has 2 aliphatic rings. The molecule has 2 rings (SSSR count). The van der Waals surface area contributed by atoms with Crippen LogP contribution in [-0.4, -0.2) is 35.8 Å². The summed E-state index contributed by atoms with van der Waals surface area (Å²) in [6, 6.07) is -0.766. The van der Waals surface area contributed by atoms with E-state index in [4.69, 9.17) is 11.5 Å². The second kappa shape index (κ2) is 7.27. The average molecular weight is 304 g/mol. The van der Waals surface area contributed by atoms with Gasteiger partial charge in [-0.25, -0.2) is 0 Å². The van der Waals surface area contributed by atoms with Gasteiger partial charge >= 0.3 is 0 Å². The van der Waals surface area contributed by atoms with Crippen molar-refractivity contribution in [3.05, 3.63) is 0 Å². The van der Waals surface area contributed by atoms with E-state index in [1.807, 2.05) is 4.90 Å². The fraction of sp³-hybridized carbons (Fsp3) is 0.857. The van der Waals surface area contributed by atoms with E-state index >= 15 is 0 Å². The fourth-order valence-electron chi connectivity index (χ4n) is 3.54. The van der Waals surface area contributed by atoms with Gasteiger partial charge in [0.25, 0.3) is 0 Å². The molecule has 0 bridgehead atoms. The average Bonchev–Trinajstić information content (AvgIpc) is 2.39. The molecule has 1 aliphatic heterocycles. The van der Waals surface area contributed by atoms with Gasteiger partial charge in [0.05, 0.1) is 12.5 Å². The van der Waals surface area contributed by atoms with Crippen LogP contribution in [0, 0.1) is 5.41 Å². The van der Waals surface area contributed by atoms with Crippen molar-refractivity contribution in [3.8, 4) is 0 Å². The molecule has 20 heavy (non-hydrogen) atoms. The van der Waals surface area contributed by atoms with Gasteiger partial charge < -0.3 is 16.4 Å². The van der Waals surface area contributed by atoms with Gasteiger partial charge in [0.2, 0.25) is 11.8 Å². The summed E-state index contributed by atoms with van der Waals surface area (Å²) in [7, 11) is 0. The van der Waals surface area contributed by atoms with Crippen LogP contribution in [0.3, 0.4) is 0 Å². The van der Waals surface area contributed by atoms with E-state index in [1.165, 1.54) is 32.1 Å². The Morgan fingerprint density at radius 3 is 2.10 bits per heavy atom. The van der Waals surface area contributed by atoms with Crippen LogP contribution in [0.5, 0.6) is 0 Å². The number of carbonyl (C=O) groups excluding carboxylic acids is 2. The van der Waals surface area contributed by atoms with Crippen molar-refractivity contribution < 1.29 is 9.59 Å². The topological polar surface area (TPSA) is 89.4 Å². The third kappa shape index (κ3) is 4.09. The predicted molar refractivity (Wildman–Crippen MR) is 80.4 cm³/mol. The molecule has 0 aromatic rings. The van der Waals surface area contributed by atoms with Crippen molar-refractivity contribution in [2.75, 3.05) is 13.1 Å². The summed E-state index contributed by atoms with van der Waals surface area (Å²) in [5, 5.41) is 0. The second-order valence-electron chi connectivity index (χ2n) is 6.16. The highest BCUT2D eigenvalue weighted by Crippen LogP contribution is 2.44. The number of rotatable bonds is 3. The van der Waals surface area contributed by atoms with Crippen LogP contribution in [0.2, 0.25) is 0 Å². The highest BCUT2D eigenvalue weighted by atomic mass is 35.5. The molecule has 1 saturated carbocycles. The standard InChI is InChI=1S/C14H25N3O2.ClH/c15-11(10-12(16)18)13(19)17-8-6-14(7-9-17)4-2-1-3-5-14;/h11H,1-10,15H2,(H2,16,18);1H. The maximum absolute atomic E-state index is 12.1. The van der Waals surface area contributed by atoms with Gasteiger partial charge in [-0.05, 0) is 31.1 Å². The number of nitrogens with zero attached hydrogens (tertiary/aromatic N) is 1. The lowest BCUT2D eigenvalue weighted by Gasteiger charge is -2.44. The van der Waals surface area contributed by atoms with E-state index in [2.05, 4.69) is 0 Å². The summed E-state index contributed by atoms with van der Waals surface area (Å²) in [6.45, 7) is 1.57. The molecule has 4 N–H and O–H groups in total. The van der Waals surface area contributed by atoms with E-state index in [-0.39, 0.29) is 24.7 Å². The molecular weight excluding hydrogens is 278 g/mol. The number of piperidine rings is 1. The van der Waals surface area contributed by atoms with E-state index in [9.17, 15) is 9.59 Å². The monoisotopic (exact) mass is 303 g/mol. The zero-order valence-corrected chi connectivity index (χ0v) is 12.8. The van der Waals surface area contributed by atoms with Crippen LogP contribution >= 0.6 is 12.4 Å². The Bertz CT molecular complexity index is 346. The molecule has 5 nitrogen and oxygen atoms in total. The highest BCUT2D eigenvalue weighted by Gasteiger charge is 2.37. The lowest BCUT2D eigenvalue weighted by Crippen LogP contribution is -2.50. The Morgan fingerprint density at radius 1 is 1.05 bits per heavy atom. The zero-order chi connectivity index (χ0) is 13.9. The summed E-state index contributed by atoms with van der Waals surface area (Å²) >= 11 is 0. The summed E-state index contributed by atoms with van der Waals surface area (Å²) in [6.07, 6.45) is 8.74. The number of nitrogens with two attached hydrogens (primary N) is 2. The number of hydrogen-bond acceptors (Lipinski definition) is 3. The summed E-state index contributed by atoms with van der Waals surface area (Å²) in [5.74, 6) is -0.633. The number of halogens is 1. The predicted octanol–water partition coefficient (Wildman–Crippen LogP) is 1.18. The van der Waals surface area contributed by atoms with Crippen molar-refractivity contribution in [1.29, 1.82) is 0 Å².